The van der Waals surface area contributed by atoms with Gasteiger partial charge >= 0.3 is 5.97 Å². The zero-order chi connectivity index (χ0) is 14.6. The minimum Gasteiger partial charge on any atom is -0.507 e. The number of anilines is 1. The second kappa shape index (κ2) is 5.71. The van der Waals surface area contributed by atoms with Crippen LogP contribution in [-0.2, 0) is 9.53 Å². The number of carbonyl (C=O) groups excluding carboxylic acids is 1. The van der Waals surface area contributed by atoms with Gasteiger partial charge in [0.1, 0.15) is 17.9 Å². The lowest BCUT2D eigenvalue weighted by molar-refractivity contribution is -0.125. The molecule has 0 bridgehead atoms. The molecule has 0 spiro atoms. The summed E-state index contributed by atoms with van der Waals surface area (Å²) in [5.74, 6) is -2.01. The SMILES string of the molecule is CC(C)(C)OCC(=O)Nc1ccc(C(=O)O)c(O)c1. The van der Waals surface area contributed by atoms with Crippen LogP contribution in [0.4, 0.5) is 5.69 Å². The molecule has 3 N–H and O–H groups in total. The molecule has 6 heteroatoms. The molecular weight excluding hydrogens is 250 g/mol. The van der Waals surface area contributed by atoms with E-state index in [1.54, 1.807) is 0 Å². The summed E-state index contributed by atoms with van der Waals surface area (Å²) in [5.41, 5.74) is -0.332. The monoisotopic (exact) mass is 267 g/mol. The predicted octanol–water partition coefficient (Wildman–Crippen LogP) is 1.84. The summed E-state index contributed by atoms with van der Waals surface area (Å²) in [4.78, 5) is 22.3. The molecule has 0 heterocycles. The van der Waals surface area contributed by atoms with Crippen molar-refractivity contribution >= 4 is 17.6 Å². The molecule has 1 amide bonds. The Hall–Kier alpha value is -2.08. The quantitative estimate of drug-likeness (QED) is 0.773. The van der Waals surface area contributed by atoms with E-state index < -0.39 is 17.3 Å². The van der Waals surface area contributed by atoms with E-state index in [1.807, 2.05) is 20.8 Å². The fraction of sp³-hybridized carbons (Fsp3) is 0.385. The number of nitrogens with one attached hydrogen (secondary N) is 1. The second-order valence-corrected chi connectivity index (χ2v) is 4.99. The molecule has 1 aromatic carbocycles. The molecule has 0 unspecified atom stereocenters. The summed E-state index contributed by atoms with van der Waals surface area (Å²) in [5, 5.41) is 20.7. The molecule has 0 aliphatic carbocycles. The lowest BCUT2D eigenvalue weighted by Gasteiger charge is -2.19. The van der Waals surface area contributed by atoms with Crippen molar-refractivity contribution in [3.63, 3.8) is 0 Å². The third-order valence-corrected chi connectivity index (χ3v) is 2.15. The van der Waals surface area contributed by atoms with Gasteiger partial charge in [0.25, 0.3) is 0 Å². The maximum Gasteiger partial charge on any atom is 0.339 e. The number of carboxylic acids is 1. The van der Waals surface area contributed by atoms with Gasteiger partial charge in [-0.25, -0.2) is 4.79 Å². The molecule has 1 rings (SSSR count). The predicted molar refractivity (Wildman–Crippen MR) is 69.4 cm³/mol. The molecule has 0 fully saturated rings. The molecule has 0 saturated heterocycles. The zero-order valence-corrected chi connectivity index (χ0v) is 11.1. The number of amides is 1. The number of hydrogen-bond donors (Lipinski definition) is 3. The first-order chi connectivity index (χ1) is 8.69. The van der Waals surface area contributed by atoms with Crippen molar-refractivity contribution in [2.75, 3.05) is 11.9 Å². The number of carbonyl (C=O) groups is 2. The fourth-order valence-electron chi connectivity index (χ4n) is 1.27. The number of benzene rings is 1. The van der Waals surface area contributed by atoms with Crippen molar-refractivity contribution in [1.29, 1.82) is 0 Å². The highest BCUT2D eigenvalue weighted by molar-refractivity contribution is 5.94. The van der Waals surface area contributed by atoms with Crippen LogP contribution in [0.15, 0.2) is 18.2 Å². The minimum atomic E-state index is -1.23. The molecule has 0 radical (unpaired) electrons. The maximum absolute atomic E-state index is 11.6. The van der Waals surface area contributed by atoms with E-state index in [2.05, 4.69) is 5.32 Å². The summed E-state index contributed by atoms with van der Waals surface area (Å²) in [6.45, 7) is 5.36. The van der Waals surface area contributed by atoms with Crippen LogP contribution in [-0.4, -0.2) is 34.3 Å². The molecule has 0 aliphatic heterocycles. The van der Waals surface area contributed by atoms with Crippen molar-refractivity contribution in [1.82, 2.24) is 0 Å². The van der Waals surface area contributed by atoms with E-state index in [4.69, 9.17) is 9.84 Å². The van der Waals surface area contributed by atoms with Crippen LogP contribution in [0, 0.1) is 0 Å². The number of ether oxygens (including phenoxy) is 1. The van der Waals surface area contributed by atoms with Crippen molar-refractivity contribution in [2.45, 2.75) is 26.4 Å². The van der Waals surface area contributed by atoms with Gasteiger partial charge in [-0.05, 0) is 32.9 Å². The summed E-state index contributed by atoms with van der Waals surface area (Å²) in [6.07, 6.45) is 0. The van der Waals surface area contributed by atoms with E-state index >= 15 is 0 Å². The number of rotatable bonds is 4. The second-order valence-electron chi connectivity index (χ2n) is 4.99. The number of carboxylic acid groups (broad SMARTS) is 1. The minimum absolute atomic E-state index is 0.120. The van der Waals surface area contributed by atoms with Crippen LogP contribution in [0.1, 0.15) is 31.1 Å². The smallest absolute Gasteiger partial charge is 0.339 e. The Morgan fingerprint density at radius 1 is 1.32 bits per heavy atom. The molecule has 104 valence electrons. The van der Waals surface area contributed by atoms with Crippen molar-refractivity contribution in [3.05, 3.63) is 23.8 Å². The molecule has 0 aliphatic rings. The van der Waals surface area contributed by atoms with Gasteiger partial charge in [-0.1, -0.05) is 0 Å². The lowest BCUT2D eigenvalue weighted by Crippen LogP contribution is -2.27. The molecule has 1 aromatic rings. The highest BCUT2D eigenvalue weighted by Gasteiger charge is 2.14. The first-order valence-corrected chi connectivity index (χ1v) is 5.69. The zero-order valence-electron chi connectivity index (χ0n) is 11.1. The average Bonchev–Trinajstić information content (AvgIpc) is 2.25. The topological polar surface area (TPSA) is 95.9 Å². The standard InChI is InChI=1S/C13H17NO5/c1-13(2,3)19-7-11(16)14-8-4-5-9(12(17)18)10(15)6-8/h4-6,15H,7H2,1-3H3,(H,14,16)(H,17,18). The third-order valence-electron chi connectivity index (χ3n) is 2.15. The van der Waals surface area contributed by atoms with E-state index in [9.17, 15) is 14.7 Å². The van der Waals surface area contributed by atoms with Gasteiger partial charge in [0.2, 0.25) is 5.91 Å². The van der Waals surface area contributed by atoms with E-state index in [1.165, 1.54) is 18.2 Å². The van der Waals surface area contributed by atoms with Crippen molar-refractivity contribution in [2.24, 2.45) is 0 Å². The Bertz CT molecular complexity index is 490. The van der Waals surface area contributed by atoms with Crippen molar-refractivity contribution in [3.8, 4) is 5.75 Å². The Kier molecular flexibility index (Phi) is 4.50. The van der Waals surface area contributed by atoms with Crippen LogP contribution >= 0.6 is 0 Å². The van der Waals surface area contributed by atoms with Crippen LogP contribution in [0.3, 0.4) is 0 Å². The Morgan fingerprint density at radius 2 is 1.95 bits per heavy atom. The summed E-state index contributed by atoms with van der Waals surface area (Å²) in [7, 11) is 0. The molecule has 19 heavy (non-hydrogen) atoms. The van der Waals surface area contributed by atoms with Crippen LogP contribution < -0.4 is 5.32 Å². The van der Waals surface area contributed by atoms with Crippen LogP contribution in [0.2, 0.25) is 0 Å². The van der Waals surface area contributed by atoms with Gasteiger partial charge in [-0.3, -0.25) is 4.79 Å². The number of hydrogen-bond acceptors (Lipinski definition) is 4. The van der Waals surface area contributed by atoms with Gasteiger partial charge in [-0.2, -0.15) is 0 Å². The number of phenols is 1. The lowest BCUT2D eigenvalue weighted by atomic mass is 10.2. The fourth-order valence-corrected chi connectivity index (χ4v) is 1.27. The molecule has 0 atom stereocenters. The van der Waals surface area contributed by atoms with Gasteiger partial charge in [0.15, 0.2) is 0 Å². The normalized spacial score (nSPS) is 11.1. The van der Waals surface area contributed by atoms with Gasteiger partial charge < -0.3 is 20.3 Å². The Morgan fingerprint density at radius 3 is 2.42 bits per heavy atom. The first-order valence-electron chi connectivity index (χ1n) is 5.69. The van der Waals surface area contributed by atoms with E-state index in [0.717, 1.165) is 0 Å². The van der Waals surface area contributed by atoms with Crippen LogP contribution in [0.5, 0.6) is 5.75 Å². The molecular formula is C13H17NO5. The highest BCUT2D eigenvalue weighted by Crippen LogP contribution is 2.21. The summed E-state index contributed by atoms with van der Waals surface area (Å²) in [6, 6.07) is 3.80. The first kappa shape index (κ1) is 15.0. The Labute approximate surface area is 111 Å². The van der Waals surface area contributed by atoms with E-state index in [0.29, 0.717) is 5.69 Å². The third kappa shape index (κ3) is 4.97. The highest BCUT2D eigenvalue weighted by atomic mass is 16.5. The molecule has 0 aromatic heterocycles. The molecule has 6 nitrogen and oxygen atoms in total. The van der Waals surface area contributed by atoms with Crippen molar-refractivity contribution < 1.29 is 24.5 Å². The average molecular weight is 267 g/mol. The van der Waals surface area contributed by atoms with Gasteiger partial charge in [0.05, 0.1) is 5.60 Å². The largest absolute Gasteiger partial charge is 0.507 e. The number of aromatic hydroxyl groups is 1. The maximum atomic E-state index is 11.6. The van der Waals surface area contributed by atoms with Gasteiger partial charge in [0, 0.05) is 11.8 Å². The number of aromatic carboxylic acids is 1. The molecule has 0 saturated carbocycles. The summed E-state index contributed by atoms with van der Waals surface area (Å²) >= 11 is 0. The van der Waals surface area contributed by atoms with Crippen LogP contribution in [0.25, 0.3) is 0 Å². The summed E-state index contributed by atoms with van der Waals surface area (Å²) < 4.78 is 5.29. The van der Waals surface area contributed by atoms with E-state index in [-0.39, 0.29) is 18.1 Å². The Balaban J connectivity index is 2.65. The van der Waals surface area contributed by atoms with Gasteiger partial charge in [-0.15, -0.1) is 0 Å².